The van der Waals surface area contributed by atoms with Crippen molar-refractivity contribution in [3.05, 3.63) is 0 Å². The van der Waals surface area contributed by atoms with Crippen molar-refractivity contribution in [1.29, 1.82) is 0 Å². The molecule has 1 unspecified atom stereocenters. The number of hydrogen-bond donors (Lipinski definition) is 2. The zero-order valence-electron chi connectivity index (χ0n) is 12.4. The largest absolute Gasteiger partial charge is 0.395 e. The number of amides is 1. The monoisotopic (exact) mass is 270 g/mol. The molecule has 0 saturated carbocycles. The molecule has 2 N–H and O–H groups in total. The van der Waals surface area contributed by atoms with E-state index in [0.717, 1.165) is 32.5 Å². The number of hydrogen-bond acceptors (Lipinski definition) is 3. The van der Waals surface area contributed by atoms with Crippen molar-refractivity contribution in [2.75, 3.05) is 32.8 Å². The molecule has 1 aliphatic rings. The van der Waals surface area contributed by atoms with Crippen molar-refractivity contribution in [3.8, 4) is 0 Å². The van der Waals surface area contributed by atoms with Gasteiger partial charge in [0.05, 0.1) is 6.61 Å². The van der Waals surface area contributed by atoms with E-state index in [-0.39, 0.29) is 12.5 Å². The minimum atomic E-state index is 0.0719. The molecule has 1 rings (SSSR count). The number of carbonyl (C=O) groups is 1. The lowest BCUT2D eigenvalue weighted by Crippen LogP contribution is -2.38. The van der Waals surface area contributed by atoms with Gasteiger partial charge in [0.2, 0.25) is 5.91 Å². The second-order valence-electron chi connectivity index (χ2n) is 5.58. The Bertz CT molecular complexity index is 240. The first kappa shape index (κ1) is 16.4. The van der Waals surface area contributed by atoms with Gasteiger partial charge in [-0.25, -0.2) is 0 Å². The SMILES string of the molecule is CCCCCCN(CCO)C(=O)CC1CCCNC1. The smallest absolute Gasteiger partial charge is 0.222 e. The molecule has 19 heavy (non-hydrogen) atoms. The molecule has 1 fully saturated rings. The van der Waals surface area contributed by atoms with E-state index in [1.54, 1.807) is 0 Å². The summed E-state index contributed by atoms with van der Waals surface area (Å²) in [4.78, 5) is 14.1. The van der Waals surface area contributed by atoms with Crippen molar-refractivity contribution in [2.45, 2.75) is 51.9 Å². The van der Waals surface area contributed by atoms with Crippen molar-refractivity contribution in [2.24, 2.45) is 5.92 Å². The highest BCUT2D eigenvalue weighted by Gasteiger charge is 2.20. The lowest BCUT2D eigenvalue weighted by molar-refractivity contribution is -0.133. The first-order valence-corrected chi connectivity index (χ1v) is 7.87. The minimum Gasteiger partial charge on any atom is -0.395 e. The van der Waals surface area contributed by atoms with Gasteiger partial charge in [-0.3, -0.25) is 4.79 Å². The van der Waals surface area contributed by atoms with Gasteiger partial charge in [0.15, 0.2) is 0 Å². The Labute approximate surface area is 117 Å². The fourth-order valence-electron chi connectivity index (χ4n) is 2.69. The van der Waals surface area contributed by atoms with Crippen LogP contribution >= 0.6 is 0 Å². The van der Waals surface area contributed by atoms with Crippen LogP contribution in [0.4, 0.5) is 0 Å². The Balaban J connectivity index is 2.29. The van der Waals surface area contributed by atoms with Crippen LogP contribution in [-0.4, -0.2) is 48.7 Å². The highest BCUT2D eigenvalue weighted by Crippen LogP contribution is 2.15. The topological polar surface area (TPSA) is 52.6 Å². The third-order valence-electron chi connectivity index (χ3n) is 3.87. The van der Waals surface area contributed by atoms with Gasteiger partial charge in [0.1, 0.15) is 0 Å². The maximum Gasteiger partial charge on any atom is 0.222 e. The summed E-state index contributed by atoms with van der Waals surface area (Å²) in [5, 5.41) is 12.4. The van der Waals surface area contributed by atoms with Crippen LogP contribution in [0.3, 0.4) is 0 Å². The number of nitrogens with zero attached hydrogens (tertiary/aromatic N) is 1. The van der Waals surface area contributed by atoms with E-state index in [0.29, 0.717) is 18.9 Å². The molecule has 0 radical (unpaired) electrons. The quantitative estimate of drug-likeness (QED) is 0.628. The molecule has 1 amide bonds. The lowest BCUT2D eigenvalue weighted by Gasteiger charge is -2.27. The predicted molar refractivity (Wildman–Crippen MR) is 78.0 cm³/mol. The normalized spacial score (nSPS) is 19.4. The van der Waals surface area contributed by atoms with Gasteiger partial charge in [-0.2, -0.15) is 0 Å². The molecule has 0 aromatic rings. The van der Waals surface area contributed by atoms with E-state index in [2.05, 4.69) is 12.2 Å². The molecule has 1 atom stereocenters. The molecule has 0 bridgehead atoms. The zero-order chi connectivity index (χ0) is 13.9. The number of aliphatic hydroxyl groups excluding tert-OH is 1. The average Bonchev–Trinajstić information content (AvgIpc) is 2.43. The van der Waals surface area contributed by atoms with Crippen LogP contribution in [0.15, 0.2) is 0 Å². The van der Waals surface area contributed by atoms with E-state index in [4.69, 9.17) is 5.11 Å². The van der Waals surface area contributed by atoms with Crippen LogP contribution in [-0.2, 0) is 4.79 Å². The molecule has 0 aromatic carbocycles. The summed E-state index contributed by atoms with van der Waals surface area (Å²) < 4.78 is 0. The zero-order valence-corrected chi connectivity index (χ0v) is 12.4. The number of carbonyl (C=O) groups excluding carboxylic acids is 1. The van der Waals surface area contributed by atoms with Crippen LogP contribution in [0.1, 0.15) is 51.9 Å². The second kappa shape index (κ2) is 10.2. The summed E-state index contributed by atoms with van der Waals surface area (Å²) in [6.45, 7) is 5.61. The van der Waals surface area contributed by atoms with Crippen LogP contribution in [0, 0.1) is 5.92 Å². The number of nitrogens with one attached hydrogen (secondary N) is 1. The fraction of sp³-hybridized carbons (Fsp3) is 0.933. The summed E-state index contributed by atoms with van der Waals surface area (Å²) in [7, 11) is 0. The molecule has 112 valence electrons. The van der Waals surface area contributed by atoms with E-state index in [9.17, 15) is 4.79 Å². The molecule has 0 spiro atoms. The van der Waals surface area contributed by atoms with Gasteiger partial charge in [0.25, 0.3) is 0 Å². The van der Waals surface area contributed by atoms with E-state index < -0.39 is 0 Å². The Morgan fingerprint density at radius 1 is 1.32 bits per heavy atom. The third kappa shape index (κ3) is 6.92. The van der Waals surface area contributed by atoms with E-state index in [1.807, 2.05) is 4.90 Å². The average molecular weight is 270 g/mol. The predicted octanol–water partition coefficient (Wildman–Crippen LogP) is 1.78. The van der Waals surface area contributed by atoms with E-state index in [1.165, 1.54) is 25.7 Å². The number of aliphatic hydroxyl groups is 1. The highest BCUT2D eigenvalue weighted by atomic mass is 16.3. The van der Waals surface area contributed by atoms with Crippen molar-refractivity contribution in [3.63, 3.8) is 0 Å². The van der Waals surface area contributed by atoms with E-state index >= 15 is 0 Å². The summed E-state index contributed by atoms with van der Waals surface area (Å²) in [5.41, 5.74) is 0. The first-order chi connectivity index (χ1) is 9.27. The Morgan fingerprint density at radius 2 is 2.16 bits per heavy atom. The lowest BCUT2D eigenvalue weighted by atomic mass is 9.95. The summed E-state index contributed by atoms with van der Waals surface area (Å²) in [6.07, 6.45) is 7.64. The van der Waals surface area contributed by atoms with Crippen LogP contribution < -0.4 is 5.32 Å². The van der Waals surface area contributed by atoms with Crippen molar-refractivity contribution < 1.29 is 9.90 Å². The third-order valence-corrected chi connectivity index (χ3v) is 3.87. The number of piperidine rings is 1. The van der Waals surface area contributed by atoms with Gasteiger partial charge in [0, 0.05) is 19.5 Å². The molecular formula is C15H30N2O2. The Kier molecular flexibility index (Phi) is 8.84. The van der Waals surface area contributed by atoms with Crippen LogP contribution in [0.2, 0.25) is 0 Å². The molecule has 4 nitrogen and oxygen atoms in total. The summed E-state index contributed by atoms with van der Waals surface area (Å²) in [6, 6.07) is 0. The minimum absolute atomic E-state index is 0.0719. The summed E-state index contributed by atoms with van der Waals surface area (Å²) in [5.74, 6) is 0.706. The molecule has 0 aliphatic carbocycles. The standard InChI is InChI=1S/C15H30N2O2/c1-2-3-4-5-9-17(10-11-18)15(19)12-14-7-6-8-16-13-14/h14,16,18H,2-13H2,1H3. The molecule has 0 aromatic heterocycles. The second-order valence-corrected chi connectivity index (χ2v) is 5.58. The Morgan fingerprint density at radius 3 is 2.79 bits per heavy atom. The van der Waals surface area contributed by atoms with Gasteiger partial charge >= 0.3 is 0 Å². The van der Waals surface area contributed by atoms with Crippen LogP contribution in [0.5, 0.6) is 0 Å². The molecule has 1 saturated heterocycles. The first-order valence-electron chi connectivity index (χ1n) is 7.87. The van der Waals surface area contributed by atoms with Crippen molar-refractivity contribution in [1.82, 2.24) is 10.2 Å². The molecule has 1 aliphatic heterocycles. The maximum atomic E-state index is 12.3. The maximum absolute atomic E-state index is 12.3. The molecule has 4 heteroatoms. The fourth-order valence-corrected chi connectivity index (χ4v) is 2.69. The highest BCUT2D eigenvalue weighted by molar-refractivity contribution is 5.76. The van der Waals surface area contributed by atoms with Crippen molar-refractivity contribution >= 4 is 5.91 Å². The number of rotatable bonds is 9. The van der Waals surface area contributed by atoms with Gasteiger partial charge < -0.3 is 15.3 Å². The van der Waals surface area contributed by atoms with Crippen LogP contribution in [0.25, 0.3) is 0 Å². The molecular weight excluding hydrogens is 240 g/mol. The molecule has 1 heterocycles. The van der Waals surface area contributed by atoms with Gasteiger partial charge in [-0.15, -0.1) is 0 Å². The number of unbranched alkanes of at least 4 members (excludes halogenated alkanes) is 3. The Hall–Kier alpha value is -0.610. The summed E-state index contributed by atoms with van der Waals surface area (Å²) >= 11 is 0. The van der Waals surface area contributed by atoms with Gasteiger partial charge in [-0.1, -0.05) is 26.2 Å². The van der Waals surface area contributed by atoms with Gasteiger partial charge in [-0.05, 0) is 38.3 Å².